The number of fused-ring (bicyclic) bond motifs is 8. The van der Waals surface area contributed by atoms with Crippen molar-refractivity contribution in [2.24, 2.45) is 0 Å². The second kappa shape index (κ2) is 3.79. The quantitative estimate of drug-likeness (QED) is 0.395. The Balaban J connectivity index is 2.25. The number of hydrogen-bond donors (Lipinski definition) is 0. The lowest BCUT2D eigenvalue weighted by Crippen LogP contribution is -1.88. The molecule has 2 aromatic carbocycles. The van der Waals surface area contributed by atoms with Crippen molar-refractivity contribution in [2.45, 2.75) is 0 Å². The molecule has 0 aliphatic heterocycles. The van der Waals surface area contributed by atoms with Gasteiger partial charge in [-0.25, -0.2) is 9.97 Å². The SMILES string of the molecule is c1ccc2c(c1)c1ccccc1n1cc3ncncc3c21. The average molecular weight is 269 g/mol. The molecule has 0 saturated heterocycles. The Kier molecular flexibility index (Phi) is 1.95. The second-order valence-electron chi connectivity index (χ2n) is 5.23. The summed E-state index contributed by atoms with van der Waals surface area (Å²) < 4.78 is 2.23. The second-order valence-corrected chi connectivity index (χ2v) is 5.23. The van der Waals surface area contributed by atoms with Crippen LogP contribution in [0, 0.1) is 0 Å². The van der Waals surface area contributed by atoms with Crippen molar-refractivity contribution in [2.75, 3.05) is 0 Å². The molecule has 21 heavy (non-hydrogen) atoms. The van der Waals surface area contributed by atoms with Crippen LogP contribution in [0.5, 0.6) is 0 Å². The maximum absolute atomic E-state index is 4.40. The maximum atomic E-state index is 4.40. The molecule has 3 heteroatoms. The van der Waals surface area contributed by atoms with Crippen molar-refractivity contribution in [3.8, 4) is 0 Å². The van der Waals surface area contributed by atoms with Crippen molar-refractivity contribution < 1.29 is 0 Å². The van der Waals surface area contributed by atoms with Gasteiger partial charge in [0.05, 0.1) is 16.6 Å². The first-order valence-corrected chi connectivity index (χ1v) is 6.94. The third kappa shape index (κ3) is 1.32. The minimum atomic E-state index is 0.978. The number of aromatic nitrogens is 3. The molecule has 3 nitrogen and oxygen atoms in total. The zero-order chi connectivity index (χ0) is 13.8. The third-order valence-corrected chi connectivity index (χ3v) is 4.13. The van der Waals surface area contributed by atoms with Crippen LogP contribution in [0.3, 0.4) is 0 Å². The van der Waals surface area contributed by atoms with E-state index in [4.69, 9.17) is 0 Å². The van der Waals surface area contributed by atoms with E-state index in [1.165, 1.54) is 27.2 Å². The fourth-order valence-electron chi connectivity index (χ4n) is 3.24. The third-order valence-electron chi connectivity index (χ3n) is 4.13. The van der Waals surface area contributed by atoms with E-state index in [0.717, 1.165) is 10.9 Å². The van der Waals surface area contributed by atoms with Gasteiger partial charge in [0, 0.05) is 28.6 Å². The van der Waals surface area contributed by atoms with Crippen LogP contribution in [-0.2, 0) is 0 Å². The summed E-state index contributed by atoms with van der Waals surface area (Å²) in [6.45, 7) is 0. The zero-order valence-corrected chi connectivity index (χ0v) is 11.2. The molecule has 0 radical (unpaired) electrons. The van der Waals surface area contributed by atoms with Gasteiger partial charge < -0.3 is 4.40 Å². The number of nitrogens with zero attached hydrogens (tertiary/aromatic N) is 3. The largest absolute Gasteiger partial charge is 0.313 e. The number of benzene rings is 2. The molecule has 98 valence electrons. The molecule has 3 heterocycles. The molecule has 0 unspecified atom stereocenters. The Morgan fingerprint density at radius 2 is 1.52 bits per heavy atom. The van der Waals surface area contributed by atoms with Crippen LogP contribution in [0.25, 0.3) is 38.1 Å². The van der Waals surface area contributed by atoms with E-state index < -0.39 is 0 Å². The molecule has 0 N–H and O–H groups in total. The monoisotopic (exact) mass is 269 g/mol. The minimum absolute atomic E-state index is 0.978. The van der Waals surface area contributed by atoms with Gasteiger partial charge in [-0.1, -0.05) is 42.5 Å². The first kappa shape index (κ1) is 10.8. The van der Waals surface area contributed by atoms with Gasteiger partial charge in [0.15, 0.2) is 0 Å². The minimum Gasteiger partial charge on any atom is -0.313 e. The summed E-state index contributed by atoms with van der Waals surface area (Å²) in [4.78, 5) is 8.60. The summed E-state index contributed by atoms with van der Waals surface area (Å²) in [7, 11) is 0. The van der Waals surface area contributed by atoms with Crippen molar-refractivity contribution in [1.29, 1.82) is 0 Å². The van der Waals surface area contributed by atoms with Crippen LogP contribution in [-0.4, -0.2) is 14.4 Å². The van der Waals surface area contributed by atoms with E-state index >= 15 is 0 Å². The van der Waals surface area contributed by atoms with Crippen molar-refractivity contribution >= 4 is 38.1 Å². The Morgan fingerprint density at radius 3 is 2.43 bits per heavy atom. The Bertz CT molecular complexity index is 1140. The van der Waals surface area contributed by atoms with Crippen LogP contribution in [0.4, 0.5) is 0 Å². The van der Waals surface area contributed by atoms with Crippen LogP contribution in [0.2, 0.25) is 0 Å². The van der Waals surface area contributed by atoms with Gasteiger partial charge in [0.1, 0.15) is 6.33 Å². The molecular formula is C18H11N3. The summed E-state index contributed by atoms with van der Waals surface area (Å²) in [5.41, 5.74) is 3.36. The first-order chi connectivity index (χ1) is 10.4. The van der Waals surface area contributed by atoms with Crippen molar-refractivity contribution in [3.63, 3.8) is 0 Å². The molecule has 0 saturated carbocycles. The highest BCUT2D eigenvalue weighted by Gasteiger charge is 2.12. The molecule has 5 rings (SSSR count). The van der Waals surface area contributed by atoms with E-state index in [9.17, 15) is 0 Å². The van der Waals surface area contributed by atoms with Gasteiger partial charge in [0.2, 0.25) is 0 Å². The molecule has 0 aliphatic carbocycles. The highest BCUT2D eigenvalue weighted by molar-refractivity contribution is 6.18. The lowest BCUT2D eigenvalue weighted by Gasteiger charge is -2.08. The lowest BCUT2D eigenvalue weighted by atomic mass is 10.0. The Morgan fingerprint density at radius 1 is 0.762 bits per heavy atom. The van der Waals surface area contributed by atoms with Gasteiger partial charge >= 0.3 is 0 Å². The van der Waals surface area contributed by atoms with E-state index in [0.29, 0.717) is 0 Å². The summed E-state index contributed by atoms with van der Waals surface area (Å²) in [5.74, 6) is 0. The van der Waals surface area contributed by atoms with Crippen LogP contribution in [0.1, 0.15) is 0 Å². The topological polar surface area (TPSA) is 30.2 Å². The van der Waals surface area contributed by atoms with Gasteiger partial charge in [-0.2, -0.15) is 0 Å². The van der Waals surface area contributed by atoms with Crippen LogP contribution in [0.15, 0.2) is 67.3 Å². The van der Waals surface area contributed by atoms with Crippen molar-refractivity contribution in [1.82, 2.24) is 14.4 Å². The predicted molar refractivity (Wildman–Crippen MR) is 85.5 cm³/mol. The average Bonchev–Trinajstić information content (AvgIpc) is 2.95. The number of para-hydroxylation sites is 1. The summed E-state index contributed by atoms with van der Waals surface area (Å²) in [6, 6.07) is 17.0. The lowest BCUT2D eigenvalue weighted by molar-refractivity contribution is 1.22. The molecule has 0 bridgehead atoms. The summed E-state index contributed by atoms with van der Waals surface area (Å²) in [6.07, 6.45) is 5.60. The Hall–Kier alpha value is -2.94. The summed E-state index contributed by atoms with van der Waals surface area (Å²) >= 11 is 0. The highest BCUT2D eigenvalue weighted by atomic mass is 14.9. The van der Waals surface area contributed by atoms with E-state index in [1.54, 1.807) is 6.33 Å². The highest BCUT2D eigenvalue weighted by Crippen LogP contribution is 2.33. The molecule has 0 amide bonds. The van der Waals surface area contributed by atoms with Crippen molar-refractivity contribution in [3.05, 3.63) is 67.3 Å². The zero-order valence-electron chi connectivity index (χ0n) is 11.2. The van der Waals surface area contributed by atoms with Gasteiger partial charge in [0.25, 0.3) is 0 Å². The van der Waals surface area contributed by atoms with Crippen LogP contribution >= 0.6 is 0 Å². The number of hydrogen-bond acceptors (Lipinski definition) is 2. The summed E-state index contributed by atoms with van der Waals surface area (Å²) in [5, 5.41) is 4.86. The molecule has 5 aromatic rings. The predicted octanol–water partition coefficient (Wildman–Crippen LogP) is 4.19. The molecule has 0 atom stereocenters. The normalized spacial score (nSPS) is 11.8. The molecule has 0 fully saturated rings. The maximum Gasteiger partial charge on any atom is 0.116 e. The van der Waals surface area contributed by atoms with E-state index in [-0.39, 0.29) is 0 Å². The van der Waals surface area contributed by atoms with Gasteiger partial charge in [-0.05, 0) is 11.5 Å². The Labute approximate surface area is 120 Å². The van der Waals surface area contributed by atoms with Gasteiger partial charge in [-0.15, -0.1) is 0 Å². The number of rotatable bonds is 0. The van der Waals surface area contributed by atoms with E-state index in [2.05, 4.69) is 69.1 Å². The number of pyridine rings is 1. The first-order valence-electron chi connectivity index (χ1n) is 6.94. The van der Waals surface area contributed by atoms with Crippen LogP contribution < -0.4 is 0 Å². The smallest absolute Gasteiger partial charge is 0.116 e. The fourth-order valence-corrected chi connectivity index (χ4v) is 3.24. The standard InChI is InChI=1S/C18H11N3/c1-2-7-14-12(5-1)13-6-3-4-8-17(13)21-10-16-15(18(14)21)9-19-11-20-16/h1-11H. The molecular weight excluding hydrogens is 258 g/mol. The van der Waals surface area contributed by atoms with E-state index in [1.807, 2.05) is 6.20 Å². The molecule has 3 aromatic heterocycles. The molecule has 0 aliphatic rings. The molecule has 0 spiro atoms. The van der Waals surface area contributed by atoms with Gasteiger partial charge in [-0.3, -0.25) is 0 Å². The fraction of sp³-hybridized carbons (Fsp3) is 0.